The summed E-state index contributed by atoms with van der Waals surface area (Å²) in [5.74, 6) is 10.4. The maximum atomic E-state index is 6.58. The van der Waals surface area contributed by atoms with Crippen molar-refractivity contribution < 1.29 is 4.74 Å². The van der Waals surface area contributed by atoms with E-state index < -0.39 is 0 Å². The number of hydrogen-bond acceptors (Lipinski definition) is 1. The van der Waals surface area contributed by atoms with Crippen LogP contribution in [0.2, 0.25) is 0 Å². The van der Waals surface area contributed by atoms with Crippen LogP contribution in [-0.4, -0.2) is 6.61 Å². The van der Waals surface area contributed by atoms with Gasteiger partial charge in [0.1, 0.15) is 5.75 Å². The lowest BCUT2D eigenvalue weighted by Crippen LogP contribution is -1.99. The van der Waals surface area contributed by atoms with Gasteiger partial charge in [-0.25, -0.2) is 0 Å². The summed E-state index contributed by atoms with van der Waals surface area (Å²) >= 11 is 0. The predicted molar refractivity (Wildman–Crippen MR) is 193 cm³/mol. The molecule has 0 N–H and O–H groups in total. The minimum atomic E-state index is 0.701. The van der Waals surface area contributed by atoms with Crippen LogP contribution in [0.15, 0.2) is 109 Å². The first-order valence-electron chi connectivity index (χ1n) is 16.2. The molecule has 0 radical (unpaired) electrons. The summed E-state index contributed by atoms with van der Waals surface area (Å²) in [6.07, 6.45) is 12.9. The highest BCUT2D eigenvalue weighted by Gasteiger charge is 2.14. The van der Waals surface area contributed by atoms with Crippen LogP contribution < -0.4 is 4.74 Å². The van der Waals surface area contributed by atoms with Crippen molar-refractivity contribution in [1.82, 2.24) is 0 Å². The Morgan fingerprint density at radius 2 is 1.11 bits per heavy atom. The summed E-state index contributed by atoms with van der Waals surface area (Å²) in [6.45, 7) is 2.96. The van der Waals surface area contributed by atoms with Crippen molar-refractivity contribution in [3.05, 3.63) is 126 Å². The lowest BCUT2D eigenvalue weighted by molar-refractivity contribution is 0.308. The lowest BCUT2D eigenvalue weighted by Gasteiger charge is -2.15. The molecule has 0 heterocycles. The van der Waals surface area contributed by atoms with Crippen molar-refractivity contribution in [2.24, 2.45) is 0 Å². The van der Waals surface area contributed by atoms with Crippen molar-refractivity contribution in [3.63, 3.8) is 0 Å². The smallest absolute Gasteiger partial charge is 0.128 e. The van der Waals surface area contributed by atoms with Gasteiger partial charge in [0.2, 0.25) is 0 Å². The molecule has 0 aliphatic heterocycles. The number of fused-ring (bicyclic) bond motifs is 9. The summed E-state index contributed by atoms with van der Waals surface area (Å²) < 4.78 is 6.58. The second-order valence-electron chi connectivity index (χ2n) is 11.9. The van der Waals surface area contributed by atoms with Gasteiger partial charge in [-0.1, -0.05) is 130 Å². The minimum Gasteiger partial charge on any atom is -0.493 e. The van der Waals surface area contributed by atoms with Crippen LogP contribution in [0.3, 0.4) is 0 Å². The van der Waals surface area contributed by atoms with E-state index >= 15 is 0 Å². The SMILES string of the molecule is C#Cc1ccc(C#Cc2cc(OCCCCCCCC)c3ccc4ccc5ccc6ccc7ccccc7c6c5c4c3c2)cc1. The molecular formula is C44H36O. The zero-order valence-electron chi connectivity index (χ0n) is 25.8. The van der Waals surface area contributed by atoms with E-state index in [-0.39, 0.29) is 0 Å². The molecule has 0 saturated heterocycles. The van der Waals surface area contributed by atoms with Gasteiger partial charge in [0.15, 0.2) is 0 Å². The Hall–Kier alpha value is -5.24. The molecule has 0 spiro atoms. The van der Waals surface area contributed by atoms with E-state index in [9.17, 15) is 0 Å². The van der Waals surface area contributed by atoms with Gasteiger partial charge in [0.25, 0.3) is 0 Å². The van der Waals surface area contributed by atoms with Crippen LogP contribution in [0.4, 0.5) is 0 Å². The summed E-state index contributed by atoms with van der Waals surface area (Å²) in [6, 6.07) is 38.9. The molecule has 45 heavy (non-hydrogen) atoms. The molecule has 218 valence electrons. The molecule has 7 aromatic rings. The number of benzene rings is 7. The van der Waals surface area contributed by atoms with Gasteiger partial charge >= 0.3 is 0 Å². The summed E-state index contributed by atoms with van der Waals surface area (Å²) in [4.78, 5) is 0. The second kappa shape index (κ2) is 12.8. The van der Waals surface area contributed by atoms with Crippen molar-refractivity contribution in [2.45, 2.75) is 45.4 Å². The molecule has 1 nitrogen and oxygen atoms in total. The third kappa shape index (κ3) is 5.71. The zero-order chi connectivity index (χ0) is 30.6. The second-order valence-corrected chi connectivity index (χ2v) is 11.9. The van der Waals surface area contributed by atoms with E-state index in [4.69, 9.17) is 11.2 Å². The van der Waals surface area contributed by atoms with Gasteiger partial charge < -0.3 is 4.74 Å². The minimum absolute atomic E-state index is 0.701. The van der Waals surface area contributed by atoms with Crippen molar-refractivity contribution in [1.29, 1.82) is 0 Å². The Labute approximate surface area is 265 Å². The highest BCUT2D eigenvalue weighted by Crippen LogP contribution is 2.41. The quantitative estimate of drug-likeness (QED) is 0.0987. The van der Waals surface area contributed by atoms with Crippen LogP contribution in [0.1, 0.15) is 62.1 Å². The fourth-order valence-corrected chi connectivity index (χ4v) is 6.59. The standard InChI is InChI=1S/C44H36O/c1-3-5-6-7-8-11-28-45-41-30-33(19-18-32-16-14-31(4-2)15-17-32)29-40-39(41)27-26-36-23-25-37-24-22-35-21-20-34-12-9-10-13-38(34)42(35)44(37)43(36)40/h2,9-10,12-17,20-27,29-30H,3,5-8,11,28H2,1H3. The van der Waals surface area contributed by atoms with E-state index in [1.165, 1.54) is 80.6 Å². The Bertz CT molecular complexity index is 2280. The van der Waals surface area contributed by atoms with Gasteiger partial charge in [-0.2, -0.15) is 0 Å². The first-order valence-corrected chi connectivity index (χ1v) is 16.2. The molecule has 0 bridgehead atoms. The maximum Gasteiger partial charge on any atom is 0.128 e. The highest BCUT2D eigenvalue weighted by atomic mass is 16.5. The molecule has 0 saturated carbocycles. The van der Waals surface area contributed by atoms with Crippen molar-refractivity contribution in [3.8, 4) is 29.9 Å². The number of hydrogen-bond donors (Lipinski definition) is 0. The largest absolute Gasteiger partial charge is 0.493 e. The van der Waals surface area contributed by atoms with Gasteiger partial charge in [-0.15, -0.1) is 6.42 Å². The lowest BCUT2D eigenvalue weighted by atomic mass is 9.90. The normalized spacial score (nSPS) is 11.2. The van der Waals surface area contributed by atoms with E-state index in [1.54, 1.807) is 0 Å². The molecule has 7 rings (SSSR count). The molecule has 7 aromatic carbocycles. The van der Waals surface area contributed by atoms with Crippen LogP contribution in [-0.2, 0) is 0 Å². The first-order chi connectivity index (χ1) is 22.2. The van der Waals surface area contributed by atoms with Crippen LogP contribution >= 0.6 is 0 Å². The fourth-order valence-electron chi connectivity index (χ4n) is 6.59. The fraction of sp³-hybridized carbons (Fsp3) is 0.182. The monoisotopic (exact) mass is 580 g/mol. The van der Waals surface area contributed by atoms with Gasteiger partial charge in [0.05, 0.1) is 6.61 Å². The van der Waals surface area contributed by atoms with Gasteiger partial charge in [0, 0.05) is 22.1 Å². The topological polar surface area (TPSA) is 9.23 Å². The maximum absolute atomic E-state index is 6.58. The molecule has 0 aromatic heterocycles. The van der Waals surface area contributed by atoms with Crippen LogP contribution in [0.25, 0.3) is 53.9 Å². The van der Waals surface area contributed by atoms with E-state index in [1.807, 2.05) is 24.3 Å². The molecule has 0 amide bonds. The Kier molecular flexibility index (Phi) is 8.10. The average molecular weight is 581 g/mol. The number of unbranched alkanes of at least 4 members (excludes halogenated alkanes) is 5. The number of ether oxygens (including phenoxy) is 1. The third-order valence-electron chi connectivity index (χ3n) is 8.92. The van der Waals surface area contributed by atoms with Crippen LogP contribution in [0, 0.1) is 24.2 Å². The molecule has 0 aliphatic carbocycles. The molecule has 0 fully saturated rings. The zero-order valence-corrected chi connectivity index (χ0v) is 25.8. The highest BCUT2D eigenvalue weighted by molar-refractivity contribution is 6.32. The molecule has 0 unspecified atom stereocenters. The first kappa shape index (κ1) is 28.5. The third-order valence-corrected chi connectivity index (χ3v) is 8.92. The molecule has 0 atom stereocenters. The van der Waals surface area contributed by atoms with Crippen LogP contribution in [0.5, 0.6) is 5.75 Å². The van der Waals surface area contributed by atoms with Crippen molar-refractivity contribution in [2.75, 3.05) is 6.61 Å². The summed E-state index contributed by atoms with van der Waals surface area (Å²) in [5.41, 5.74) is 2.73. The number of terminal acetylenes is 1. The Morgan fingerprint density at radius 1 is 0.511 bits per heavy atom. The van der Waals surface area contributed by atoms with Crippen molar-refractivity contribution >= 4 is 53.9 Å². The van der Waals surface area contributed by atoms with E-state index in [0.29, 0.717) is 6.61 Å². The summed E-state index contributed by atoms with van der Waals surface area (Å²) in [5, 5.41) is 12.3. The van der Waals surface area contributed by atoms with E-state index in [2.05, 4.69) is 110 Å². The molecule has 1 heteroatoms. The van der Waals surface area contributed by atoms with Gasteiger partial charge in [-0.05, 0) is 91.3 Å². The molecule has 0 aliphatic rings. The Balaban J connectivity index is 1.43. The average Bonchev–Trinajstić information content (AvgIpc) is 3.09. The molecular weight excluding hydrogens is 544 g/mol. The predicted octanol–water partition coefficient (Wildman–Crippen LogP) is 11.6. The summed E-state index contributed by atoms with van der Waals surface area (Å²) in [7, 11) is 0. The van der Waals surface area contributed by atoms with Gasteiger partial charge in [-0.3, -0.25) is 0 Å². The van der Waals surface area contributed by atoms with E-state index in [0.717, 1.165) is 34.2 Å². The number of rotatable bonds is 8. The Morgan fingerprint density at radius 3 is 1.87 bits per heavy atom.